The number of primary amides is 1. The summed E-state index contributed by atoms with van der Waals surface area (Å²) < 4.78 is 19.4. The highest BCUT2D eigenvalue weighted by atomic mass is 19.1. The van der Waals surface area contributed by atoms with Gasteiger partial charge in [0.25, 0.3) is 5.91 Å². The second kappa shape index (κ2) is 5.44. The number of pyridine rings is 1. The number of amides is 1. The van der Waals surface area contributed by atoms with Crippen LogP contribution in [0, 0.1) is 5.82 Å². The number of hydrogen-bond donors (Lipinski definition) is 1. The molecular formula is C17H13FN2O2. The molecule has 110 valence electrons. The van der Waals surface area contributed by atoms with Gasteiger partial charge in [0, 0.05) is 17.0 Å². The fraction of sp³-hybridized carbons (Fsp3) is 0.0588. The number of halogens is 1. The summed E-state index contributed by atoms with van der Waals surface area (Å²) in [7, 11) is 1.47. The number of rotatable bonds is 3. The number of nitrogens with zero attached hydrogens (tertiary/aromatic N) is 1. The molecule has 2 N–H and O–H groups in total. The lowest BCUT2D eigenvalue weighted by Gasteiger charge is -2.10. The Morgan fingerprint density at radius 2 is 1.91 bits per heavy atom. The average Bonchev–Trinajstić information content (AvgIpc) is 2.53. The van der Waals surface area contributed by atoms with Crippen molar-refractivity contribution in [1.82, 2.24) is 4.98 Å². The molecule has 0 bridgehead atoms. The van der Waals surface area contributed by atoms with Crippen molar-refractivity contribution >= 4 is 16.8 Å². The van der Waals surface area contributed by atoms with Crippen LogP contribution in [0.2, 0.25) is 0 Å². The lowest BCUT2D eigenvalue weighted by atomic mass is 9.99. The number of methoxy groups -OCH3 is 1. The second-order valence-corrected chi connectivity index (χ2v) is 4.78. The molecule has 0 aliphatic carbocycles. The van der Waals surface area contributed by atoms with E-state index in [-0.39, 0.29) is 5.69 Å². The Morgan fingerprint density at radius 3 is 2.59 bits per heavy atom. The Labute approximate surface area is 126 Å². The third-order valence-corrected chi connectivity index (χ3v) is 3.44. The van der Waals surface area contributed by atoms with Gasteiger partial charge in [-0.05, 0) is 29.8 Å². The van der Waals surface area contributed by atoms with Gasteiger partial charge in [0.15, 0.2) is 0 Å². The lowest BCUT2D eigenvalue weighted by Crippen LogP contribution is -2.13. The highest BCUT2D eigenvalue weighted by Crippen LogP contribution is 2.32. The quantitative estimate of drug-likeness (QED) is 0.807. The van der Waals surface area contributed by atoms with Crippen molar-refractivity contribution in [3.8, 4) is 16.9 Å². The van der Waals surface area contributed by atoms with Gasteiger partial charge < -0.3 is 10.5 Å². The summed E-state index contributed by atoms with van der Waals surface area (Å²) in [5.41, 5.74) is 6.94. The van der Waals surface area contributed by atoms with E-state index in [1.54, 1.807) is 24.3 Å². The molecule has 0 fully saturated rings. The standard InChI is InChI=1S/C17H13FN2O2/c1-22-10-6-7-11(14(18)8-10)13-9-16(17(19)21)20-15-5-3-2-4-12(13)15/h2-9H,1H3,(H2,19,21). The van der Waals surface area contributed by atoms with Gasteiger partial charge in [0.1, 0.15) is 17.3 Å². The Kier molecular flexibility index (Phi) is 3.47. The van der Waals surface area contributed by atoms with E-state index in [0.29, 0.717) is 22.4 Å². The van der Waals surface area contributed by atoms with Gasteiger partial charge in [-0.1, -0.05) is 18.2 Å². The predicted molar refractivity (Wildman–Crippen MR) is 82.2 cm³/mol. The van der Waals surface area contributed by atoms with Crippen molar-refractivity contribution in [2.24, 2.45) is 5.73 Å². The van der Waals surface area contributed by atoms with E-state index in [4.69, 9.17) is 10.5 Å². The number of nitrogens with two attached hydrogens (primary N) is 1. The minimum absolute atomic E-state index is 0.101. The third kappa shape index (κ3) is 2.37. The third-order valence-electron chi connectivity index (χ3n) is 3.44. The molecule has 4 nitrogen and oxygen atoms in total. The van der Waals surface area contributed by atoms with Gasteiger partial charge in [-0.25, -0.2) is 9.37 Å². The van der Waals surface area contributed by atoms with Crippen molar-refractivity contribution in [3.63, 3.8) is 0 Å². The number of ether oxygens (including phenoxy) is 1. The Morgan fingerprint density at radius 1 is 1.14 bits per heavy atom. The van der Waals surface area contributed by atoms with Crippen LogP contribution in [0.4, 0.5) is 4.39 Å². The van der Waals surface area contributed by atoms with Crippen molar-refractivity contribution < 1.29 is 13.9 Å². The summed E-state index contributed by atoms with van der Waals surface area (Å²) in [5, 5.41) is 0.747. The zero-order valence-electron chi connectivity index (χ0n) is 11.8. The highest BCUT2D eigenvalue weighted by molar-refractivity contribution is 6.00. The minimum Gasteiger partial charge on any atom is -0.497 e. The number of fused-ring (bicyclic) bond motifs is 1. The fourth-order valence-corrected chi connectivity index (χ4v) is 2.37. The first-order valence-corrected chi connectivity index (χ1v) is 6.63. The Bertz CT molecular complexity index is 878. The Hall–Kier alpha value is -2.95. The van der Waals surface area contributed by atoms with Crippen LogP contribution in [0.3, 0.4) is 0 Å². The molecule has 1 aromatic heterocycles. The smallest absolute Gasteiger partial charge is 0.267 e. The van der Waals surface area contributed by atoms with E-state index < -0.39 is 11.7 Å². The van der Waals surface area contributed by atoms with E-state index in [2.05, 4.69) is 4.98 Å². The molecule has 0 saturated heterocycles. The molecule has 0 unspecified atom stereocenters. The molecule has 22 heavy (non-hydrogen) atoms. The van der Waals surface area contributed by atoms with Gasteiger partial charge in [0.05, 0.1) is 12.6 Å². The number of carbonyl (C=O) groups is 1. The molecular weight excluding hydrogens is 283 g/mol. The maximum absolute atomic E-state index is 14.4. The van der Waals surface area contributed by atoms with Crippen LogP contribution in [0.25, 0.3) is 22.0 Å². The summed E-state index contributed by atoms with van der Waals surface area (Å²) >= 11 is 0. The number of hydrogen-bond acceptors (Lipinski definition) is 3. The maximum Gasteiger partial charge on any atom is 0.267 e. The topological polar surface area (TPSA) is 65.2 Å². The minimum atomic E-state index is -0.652. The first kappa shape index (κ1) is 14.0. The van der Waals surface area contributed by atoms with Crippen LogP contribution in [0.15, 0.2) is 48.5 Å². The molecule has 0 radical (unpaired) electrons. The van der Waals surface area contributed by atoms with Crippen LogP contribution in [0.5, 0.6) is 5.75 Å². The van der Waals surface area contributed by atoms with Crippen LogP contribution < -0.4 is 10.5 Å². The first-order chi connectivity index (χ1) is 10.6. The van der Waals surface area contributed by atoms with Gasteiger partial charge in [-0.2, -0.15) is 0 Å². The summed E-state index contributed by atoms with van der Waals surface area (Å²) in [6.07, 6.45) is 0. The average molecular weight is 296 g/mol. The largest absolute Gasteiger partial charge is 0.497 e. The van der Waals surface area contributed by atoms with Gasteiger partial charge in [-0.15, -0.1) is 0 Å². The van der Waals surface area contributed by atoms with Crippen molar-refractivity contribution in [2.75, 3.05) is 7.11 Å². The summed E-state index contributed by atoms with van der Waals surface area (Å²) in [6.45, 7) is 0. The number of aromatic nitrogens is 1. The lowest BCUT2D eigenvalue weighted by molar-refractivity contribution is 0.0996. The van der Waals surface area contributed by atoms with E-state index in [1.165, 1.54) is 19.2 Å². The van der Waals surface area contributed by atoms with Crippen LogP contribution in [0.1, 0.15) is 10.5 Å². The zero-order valence-corrected chi connectivity index (χ0v) is 11.8. The van der Waals surface area contributed by atoms with E-state index in [9.17, 15) is 9.18 Å². The first-order valence-electron chi connectivity index (χ1n) is 6.63. The normalized spacial score (nSPS) is 10.6. The maximum atomic E-state index is 14.4. The molecule has 2 aromatic carbocycles. The second-order valence-electron chi connectivity index (χ2n) is 4.78. The van der Waals surface area contributed by atoms with Gasteiger partial charge in [0.2, 0.25) is 0 Å². The van der Waals surface area contributed by atoms with E-state index in [0.717, 1.165) is 5.39 Å². The molecule has 0 atom stereocenters. The van der Waals surface area contributed by atoms with E-state index in [1.807, 2.05) is 12.1 Å². The fourth-order valence-electron chi connectivity index (χ4n) is 2.37. The zero-order chi connectivity index (χ0) is 15.7. The van der Waals surface area contributed by atoms with Crippen molar-refractivity contribution in [2.45, 2.75) is 0 Å². The monoisotopic (exact) mass is 296 g/mol. The molecule has 0 saturated carbocycles. The molecule has 3 rings (SSSR count). The predicted octanol–water partition coefficient (Wildman–Crippen LogP) is 3.15. The van der Waals surface area contributed by atoms with E-state index >= 15 is 0 Å². The van der Waals surface area contributed by atoms with Crippen molar-refractivity contribution in [1.29, 1.82) is 0 Å². The van der Waals surface area contributed by atoms with Crippen LogP contribution in [-0.4, -0.2) is 18.0 Å². The molecule has 0 aliphatic rings. The molecule has 3 aromatic rings. The number of benzene rings is 2. The molecule has 1 amide bonds. The Balaban J connectivity index is 2.31. The van der Waals surface area contributed by atoms with Gasteiger partial charge >= 0.3 is 0 Å². The highest BCUT2D eigenvalue weighted by Gasteiger charge is 2.14. The summed E-state index contributed by atoms with van der Waals surface area (Å²) in [4.78, 5) is 15.7. The number of para-hydroxylation sites is 1. The van der Waals surface area contributed by atoms with Gasteiger partial charge in [-0.3, -0.25) is 4.79 Å². The van der Waals surface area contributed by atoms with Crippen LogP contribution in [-0.2, 0) is 0 Å². The van der Waals surface area contributed by atoms with Crippen molar-refractivity contribution in [3.05, 3.63) is 60.0 Å². The molecule has 5 heteroatoms. The summed E-state index contributed by atoms with van der Waals surface area (Å²) in [5.74, 6) is -0.665. The van der Waals surface area contributed by atoms with Crippen LogP contribution >= 0.6 is 0 Å². The SMILES string of the molecule is COc1ccc(-c2cc(C(N)=O)nc3ccccc23)c(F)c1. The molecule has 0 spiro atoms. The molecule has 0 aliphatic heterocycles. The summed E-state index contributed by atoms with van der Waals surface area (Å²) in [6, 6.07) is 13.3. The number of carbonyl (C=O) groups excluding carboxylic acids is 1. The molecule has 1 heterocycles.